The number of hydrogen-bond acceptors (Lipinski definition) is 6. The molecule has 44 heavy (non-hydrogen) atoms. The van der Waals surface area contributed by atoms with E-state index in [-0.39, 0.29) is 29.0 Å². The second-order valence-electron chi connectivity index (χ2n) is 10.8. The van der Waals surface area contributed by atoms with E-state index in [0.717, 1.165) is 29.2 Å². The van der Waals surface area contributed by atoms with E-state index in [0.29, 0.717) is 24.4 Å². The molecule has 13 heteroatoms. The van der Waals surface area contributed by atoms with Crippen molar-refractivity contribution in [2.75, 3.05) is 13.1 Å². The first-order valence-electron chi connectivity index (χ1n) is 13.9. The van der Waals surface area contributed by atoms with Crippen molar-refractivity contribution in [3.63, 3.8) is 0 Å². The zero-order valence-corrected chi connectivity index (χ0v) is 24.0. The lowest BCUT2D eigenvalue weighted by molar-refractivity contribution is -0.385. The number of ether oxygens (including phenoxy) is 1. The molecular weight excluding hydrogens is 581 g/mol. The Bertz CT molecular complexity index is 1560. The SMILES string of the molecule is CC(C)CCNC(=O)C1Cc2cccc(c2)Oc2cc(ccc2[N+](=O)[O-])C(=O)N(Cc2cccc(C(F)(F)F)c2)CC(=O)N1. The van der Waals surface area contributed by atoms with Gasteiger partial charge in [-0.1, -0.05) is 38.1 Å². The fourth-order valence-electron chi connectivity index (χ4n) is 4.66. The van der Waals surface area contributed by atoms with Gasteiger partial charge in [0.05, 0.1) is 10.5 Å². The number of nitro benzene ring substituents is 1. The Morgan fingerprint density at radius 2 is 1.86 bits per heavy atom. The van der Waals surface area contributed by atoms with Gasteiger partial charge in [-0.2, -0.15) is 13.2 Å². The quantitative estimate of drug-likeness (QED) is 0.277. The second-order valence-corrected chi connectivity index (χ2v) is 10.8. The number of rotatable bonds is 7. The summed E-state index contributed by atoms with van der Waals surface area (Å²) >= 11 is 0. The summed E-state index contributed by atoms with van der Waals surface area (Å²) in [5, 5.41) is 17.2. The summed E-state index contributed by atoms with van der Waals surface area (Å²) in [4.78, 5) is 52.3. The lowest BCUT2D eigenvalue weighted by Crippen LogP contribution is -2.51. The molecule has 0 radical (unpaired) electrons. The van der Waals surface area contributed by atoms with Gasteiger partial charge in [-0.05, 0) is 53.8 Å². The molecule has 3 amide bonds. The maximum atomic E-state index is 13.7. The molecule has 1 atom stereocenters. The fraction of sp³-hybridized carbons (Fsp3) is 0.323. The number of nitrogens with zero attached hydrogens (tertiary/aromatic N) is 2. The number of nitrogens with one attached hydrogen (secondary N) is 2. The van der Waals surface area contributed by atoms with Crippen molar-refractivity contribution in [2.24, 2.45) is 5.92 Å². The van der Waals surface area contributed by atoms with Crippen molar-refractivity contribution in [3.8, 4) is 11.5 Å². The molecule has 3 aromatic rings. The predicted octanol–water partition coefficient (Wildman–Crippen LogP) is 5.25. The molecule has 232 valence electrons. The molecule has 1 heterocycles. The van der Waals surface area contributed by atoms with Gasteiger partial charge in [0.15, 0.2) is 0 Å². The predicted molar refractivity (Wildman–Crippen MR) is 154 cm³/mol. The number of fused-ring (bicyclic) bond motifs is 4. The summed E-state index contributed by atoms with van der Waals surface area (Å²) in [6, 6.07) is 13.1. The zero-order chi connectivity index (χ0) is 32.0. The lowest BCUT2D eigenvalue weighted by atomic mass is 10.0. The van der Waals surface area contributed by atoms with Gasteiger partial charge >= 0.3 is 11.9 Å². The summed E-state index contributed by atoms with van der Waals surface area (Å²) in [5.41, 5.74) is -0.775. The van der Waals surface area contributed by atoms with Crippen molar-refractivity contribution < 1.29 is 37.2 Å². The topological polar surface area (TPSA) is 131 Å². The Hall–Kier alpha value is -4.94. The third-order valence-electron chi connectivity index (χ3n) is 6.89. The van der Waals surface area contributed by atoms with Crippen LogP contribution in [-0.2, 0) is 28.7 Å². The van der Waals surface area contributed by atoms with E-state index in [9.17, 15) is 37.7 Å². The van der Waals surface area contributed by atoms with Gasteiger partial charge in [0.25, 0.3) is 5.91 Å². The van der Waals surface area contributed by atoms with E-state index in [1.807, 2.05) is 13.8 Å². The molecule has 0 aliphatic carbocycles. The standard InChI is InChI=1S/C31H31F3N4O6/c1-19(2)11-12-35-29(40)25-15-20-5-4-8-24(14-20)44-27-16-22(9-10-26(27)38(42)43)30(41)37(18-28(39)36-25)17-21-6-3-7-23(13-21)31(32,33)34/h3-10,13-14,16,19,25H,11-12,15,17-18H2,1-2H3,(H,35,40)(H,36,39). The summed E-state index contributed by atoms with van der Waals surface area (Å²) in [7, 11) is 0. The summed E-state index contributed by atoms with van der Waals surface area (Å²) < 4.78 is 46.0. The third-order valence-corrected chi connectivity index (χ3v) is 6.89. The maximum absolute atomic E-state index is 13.7. The van der Waals surface area contributed by atoms with E-state index in [1.54, 1.807) is 24.3 Å². The molecule has 4 bridgehead atoms. The monoisotopic (exact) mass is 612 g/mol. The Morgan fingerprint density at radius 3 is 2.57 bits per heavy atom. The van der Waals surface area contributed by atoms with Crippen LogP contribution in [0.2, 0.25) is 0 Å². The smallest absolute Gasteiger partial charge is 0.416 e. The molecule has 1 unspecified atom stereocenters. The maximum Gasteiger partial charge on any atom is 0.416 e. The Morgan fingerprint density at radius 1 is 1.11 bits per heavy atom. The van der Waals surface area contributed by atoms with Gasteiger partial charge in [-0.3, -0.25) is 24.5 Å². The molecule has 2 N–H and O–H groups in total. The van der Waals surface area contributed by atoms with E-state index in [4.69, 9.17) is 4.74 Å². The van der Waals surface area contributed by atoms with Crippen molar-refractivity contribution >= 4 is 23.4 Å². The minimum atomic E-state index is -4.63. The lowest BCUT2D eigenvalue weighted by Gasteiger charge is -2.25. The number of carbonyl (C=O) groups is 3. The molecule has 0 spiro atoms. The highest BCUT2D eigenvalue weighted by Gasteiger charge is 2.31. The van der Waals surface area contributed by atoms with Crippen molar-refractivity contribution in [2.45, 2.75) is 45.5 Å². The molecule has 0 saturated heterocycles. The average Bonchev–Trinajstić information content (AvgIpc) is 2.95. The van der Waals surface area contributed by atoms with Crippen molar-refractivity contribution in [3.05, 3.63) is 99.1 Å². The summed E-state index contributed by atoms with van der Waals surface area (Å²) in [6.45, 7) is 3.35. The first-order valence-corrected chi connectivity index (χ1v) is 13.9. The van der Waals surface area contributed by atoms with Crippen LogP contribution in [0.5, 0.6) is 11.5 Å². The Labute approximate surface area is 251 Å². The number of carbonyl (C=O) groups excluding carboxylic acids is 3. The van der Waals surface area contributed by atoms with Crippen molar-refractivity contribution in [1.82, 2.24) is 15.5 Å². The van der Waals surface area contributed by atoms with Crippen LogP contribution in [0.4, 0.5) is 18.9 Å². The largest absolute Gasteiger partial charge is 0.450 e. The van der Waals surface area contributed by atoms with Crippen molar-refractivity contribution in [1.29, 1.82) is 0 Å². The van der Waals surface area contributed by atoms with E-state index < -0.39 is 59.2 Å². The number of alkyl halides is 3. The van der Waals surface area contributed by atoms with E-state index >= 15 is 0 Å². The molecule has 4 rings (SSSR count). The first kappa shape index (κ1) is 32.0. The van der Waals surface area contributed by atoms with E-state index in [2.05, 4.69) is 10.6 Å². The van der Waals surface area contributed by atoms with Crippen LogP contribution in [0.25, 0.3) is 0 Å². The molecule has 0 saturated carbocycles. The highest BCUT2D eigenvalue weighted by molar-refractivity contribution is 5.98. The number of hydrogen-bond donors (Lipinski definition) is 2. The molecule has 1 aliphatic rings. The van der Waals surface area contributed by atoms with Crippen LogP contribution in [0.3, 0.4) is 0 Å². The molecular formula is C31H31F3N4O6. The van der Waals surface area contributed by atoms with Gasteiger partial charge in [-0.15, -0.1) is 0 Å². The van der Waals surface area contributed by atoms with Crippen LogP contribution in [-0.4, -0.2) is 46.7 Å². The molecule has 0 aromatic heterocycles. The summed E-state index contributed by atoms with van der Waals surface area (Å²) in [5.74, 6) is -1.71. The minimum Gasteiger partial charge on any atom is -0.450 e. The third kappa shape index (κ3) is 8.33. The summed E-state index contributed by atoms with van der Waals surface area (Å²) in [6.07, 6.45) is -3.90. The van der Waals surface area contributed by atoms with Crippen LogP contribution in [0.15, 0.2) is 66.7 Å². The van der Waals surface area contributed by atoms with Gasteiger partial charge in [0.2, 0.25) is 17.6 Å². The van der Waals surface area contributed by atoms with Crippen LogP contribution >= 0.6 is 0 Å². The highest BCUT2D eigenvalue weighted by atomic mass is 19.4. The number of halogens is 3. The highest BCUT2D eigenvalue weighted by Crippen LogP contribution is 2.34. The van der Waals surface area contributed by atoms with Gasteiger partial charge in [-0.25, -0.2) is 0 Å². The average molecular weight is 613 g/mol. The molecule has 3 aromatic carbocycles. The van der Waals surface area contributed by atoms with Gasteiger partial charge in [0, 0.05) is 37.2 Å². The first-order chi connectivity index (χ1) is 20.8. The second kappa shape index (κ2) is 13.6. The van der Waals surface area contributed by atoms with E-state index in [1.165, 1.54) is 18.2 Å². The number of benzene rings is 3. The van der Waals surface area contributed by atoms with Gasteiger partial charge in [0.1, 0.15) is 18.3 Å². The normalized spacial score (nSPS) is 15.7. The number of nitro groups is 1. The minimum absolute atomic E-state index is 0.0279. The number of amides is 3. The molecule has 10 nitrogen and oxygen atoms in total. The van der Waals surface area contributed by atoms with Gasteiger partial charge < -0.3 is 20.3 Å². The zero-order valence-electron chi connectivity index (χ0n) is 24.0. The Kier molecular flexibility index (Phi) is 9.87. The fourth-order valence-corrected chi connectivity index (χ4v) is 4.66. The van der Waals surface area contributed by atoms with Crippen LogP contribution in [0, 0.1) is 16.0 Å². The van der Waals surface area contributed by atoms with Crippen LogP contribution in [0.1, 0.15) is 47.3 Å². The Balaban J connectivity index is 1.75. The molecule has 1 aliphatic heterocycles. The molecule has 0 fully saturated rings. The van der Waals surface area contributed by atoms with Crippen LogP contribution < -0.4 is 15.4 Å².